The van der Waals surface area contributed by atoms with E-state index in [1.165, 1.54) is 11.3 Å². The Kier molecular flexibility index (Phi) is 4.27. The van der Waals surface area contributed by atoms with Crippen molar-refractivity contribution in [3.05, 3.63) is 52.1 Å². The number of fused-ring (bicyclic) bond motifs is 1. The summed E-state index contributed by atoms with van der Waals surface area (Å²) < 4.78 is 5.22. The number of aromatic nitrogens is 1. The Balaban J connectivity index is 1.83. The van der Waals surface area contributed by atoms with Gasteiger partial charge in [0, 0.05) is 15.8 Å². The van der Waals surface area contributed by atoms with E-state index in [-0.39, 0.29) is 23.8 Å². The first-order chi connectivity index (χ1) is 13.1. The van der Waals surface area contributed by atoms with Crippen molar-refractivity contribution >= 4 is 50.3 Å². The van der Waals surface area contributed by atoms with E-state index in [2.05, 4.69) is 16.4 Å². The number of hydrogen-bond donors (Lipinski definition) is 3. The van der Waals surface area contributed by atoms with E-state index in [1.54, 1.807) is 18.4 Å². The Morgan fingerprint density at radius 2 is 2.19 bits per heavy atom. The third-order valence-electron chi connectivity index (χ3n) is 3.99. The average Bonchev–Trinajstić information content (AvgIpc) is 3.41. The lowest BCUT2D eigenvalue weighted by molar-refractivity contribution is 0.0953. The number of anilines is 2. The van der Waals surface area contributed by atoms with Gasteiger partial charge in [-0.25, -0.2) is 4.98 Å². The summed E-state index contributed by atoms with van der Waals surface area (Å²) in [6, 6.07) is 9.39. The van der Waals surface area contributed by atoms with Crippen molar-refractivity contribution in [2.75, 3.05) is 11.5 Å². The number of nitrogens with two attached hydrogens (primary N) is 2. The third-order valence-corrected chi connectivity index (χ3v) is 5.98. The summed E-state index contributed by atoms with van der Waals surface area (Å²) in [5, 5.41) is 14.8. The fourth-order valence-electron chi connectivity index (χ4n) is 2.78. The number of carbonyl (C=O) groups is 1. The highest BCUT2D eigenvalue weighted by Gasteiger charge is 2.24. The van der Waals surface area contributed by atoms with E-state index in [1.807, 2.05) is 17.5 Å². The normalized spacial score (nSPS) is 10.8. The lowest BCUT2D eigenvalue weighted by Crippen LogP contribution is -2.22. The highest BCUT2D eigenvalue weighted by molar-refractivity contribution is 7.21. The predicted molar refractivity (Wildman–Crippen MR) is 106 cm³/mol. The number of furan rings is 1. The Labute approximate surface area is 161 Å². The van der Waals surface area contributed by atoms with Crippen LogP contribution in [0.2, 0.25) is 0 Å². The molecular formula is C18H13N5O2S2. The molecule has 27 heavy (non-hydrogen) atoms. The standard InChI is InChI=1S/C18H13N5O2S2/c19-7-10-12(11-4-2-6-26-11)13-14(20)15(27-18(13)23-16(10)21)17(24)22-8-9-3-1-5-25-9/h1-6H,8,20H2,(H2,21,23)(H,22,24). The summed E-state index contributed by atoms with van der Waals surface area (Å²) in [5.41, 5.74) is 13.5. The Morgan fingerprint density at radius 3 is 2.85 bits per heavy atom. The molecule has 0 bridgehead atoms. The van der Waals surface area contributed by atoms with Crippen molar-refractivity contribution in [2.45, 2.75) is 6.54 Å². The smallest absolute Gasteiger partial charge is 0.263 e. The fraction of sp³-hybridized carbons (Fsp3) is 0.0556. The molecular weight excluding hydrogens is 382 g/mol. The number of nitriles is 1. The molecule has 0 radical (unpaired) electrons. The summed E-state index contributed by atoms with van der Waals surface area (Å²) in [4.78, 5) is 18.6. The molecule has 0 fully saturated rings. The van der Waals surface area contributed by atoms with Gasteiger partial charge in [-0.1, -0.05) is 6.07 Å². The maximum absolute atomic E-state index is 12.6. The van der Waals surface area contributed by atoms with Crippen LogP contribution in [0.3, 0.4) is 0 Å². The molecule has 0 aromatic carbocycles. The largest absolute Gasteiger partial charge is 0.467 e. The van der Waals surface area contributed by atoms with Crippen LogP contribution in [-0.4, -0.2) is 10.9 Å². The quantitative estimate of drug-likeness (QED) is 0.484. The number of thiophene rings is 2. The van der Waals surface area contributed by atoms with Gasteiger partial charge in [-0.05, 0) is 23.6 Å². The van der Waals surface area contributed by atoms with Gasteiger partial charge in [-0.15, -0.1) is 22.7 Å². The molecule has 4 aromatic heterocycles. The van der Waals surface area contributed by atoms with E-state index in [0.717, 1.165) is 16.2 Å². The number of nitrogen functional groups attached to an aromatic ring is 2. The number of amides is 1. The van der Waals surface area contributed by atoms with Crippen LogP contribution in [0.1, 0.15) is 21.0 Å². The molecule has 0 aliphatic heterocycles. The van der Waals surface area contributed by atoms with E-state index < -0.39 is 0 Å². The molecule has 0 aliphatic carbocycles. The average molecular weight is 395 g/mol. The van der Waals surface area contributed by atoms with E-state index in [4.69, 9.17) is 15.9 Å². The van der Waals surface area contributed by atoms with Crippen LogP contribution in [0, 0.1) is 11.3 Å². The van der Waals surface area contributed by atoms with Gasteiger partial charge in [0.2, 0.25) is 0 Å². The van der Waals surface area contributed by atoms with Gasteiger partial charge in [0.15, 0.2) is 0 Å². The van der Waals surface area contributed by atoms with E-state index >= 15 is 0 Å². The summed E-state index contributed by atoms with van der Waals surface area (Å²) in [7, 11) is 0. The second-order valence-electron chi connectivity index (χ2n) is 5.62. The minimum atomic E-state index is -0.332. The first kappa shape index (κ1) is 17.1. The summed E-state index contributed by atoms with van der Waals surface area (Å²) in [6.45, 7) is 0.246. The van der Waals surface area contributed by atoms with E-state index in [0.29, 0.717) is 32.1 Å². The monoisotopic (exact) mass is 395 g/mol. The van der Waals surface area contributed by atoms with Gasteiger partial charge in [-0.2, -0.15) is 5.26 Å². The molecule has 1 amide bonds. The lowest BCUT2D eigenvalue weighted by atomic mass is 10.0. The van der Waals surface area contributed by atoms with Gasteiger partial charge in [-0.3, -0.25) is 4.79 Å². The predicted octanol–water partition coefficient (Wildman–Crippen LogP) is 3.58. The molecule has 0 atom stereocenters. The number of rotatable bonds is 4. The molecule has 7 nitrogen and oxygen atoms in total. The summed E-state index contributed by atoms with van der Waals surface area (Å²) in [5.74, 6) is 0.426. The van der Waals surface area contributed by atoms with Gasteiger partial charge >= 0.3 is 0 Å². The Morgan fingerprint density at radius 1 is 1.33 bits per heavy atom. The van der Waals surface area contributed by atoms with Gasteiger partial charge in [0.25, 0.3) is 5.91 Å². The molecule has 134 valence electrons. The first-order valence-electron chi connectivity index (χ1n) is 7.86. The van der Waals surface area contributed by atoms with Crippen LogP contribution in [0.4, 0.5) is 11.5 Å². The minimum Gasteiger partial charge on any atom is -0.467 e. The summed E-state index contributed by atoms with van der Waals surface area (Å²) in [6.07, 6.45) is 1.54. The van der Waals surface area contributed by atoms with Crippen molar-refractivity contribution in [3.8, 4) is 16.5 Å². The van der Waals surface area contributed by atoms with Crippen LogP contribution in [0.25, 0.3) is 20.7 Å². The highest BCUT2D eigenvalue weighted by Crippen LogP contribution is 2.43. The molecule has 9 heteroatoms. The highest BCUT2D eigenvalue weighted by atomic mass is 32.1. The van der Waals surface area contributed by atoms with Crippen LogP contribution in [0.5, 0.6) is 0 Å². The fourth-order valence-corrected chi connectivity index (χ4v) is 4.59. The van der Waals surface area contributed by atoms with Crippen molar-refractivity contribution in [3.63, 3.8) is 0 Å². The topological polar surface area (TPSA) is 131 Å². The van der Waals surface area contributed by atoms with Crippen LogP contribution >= 0.6 is 22.7 Å². The third kappa shape index (κ3) is 2.91. The van der Waals surface area contributed by atoms with E-state index in [9.17, 15) is 10.1 Å². The molecule has 0 spiro atoms. The number of nitrogens with zero attached hydrogens (tertiary/aromatic N) is 2. The Bertz CT molecular complexity index is 1170. The molecule has 0 aliphatic rings. The molecule has 4 aromatic rings. The molecule has 0 saturated carbocycles. The maximum atomic E-state index is 12.6. The van der Waals surface area contributed by atoms with Crippen molar-refractivity contribution in [1.29, 1.82) is 5.26 Å². The van der Waals surface area contributed by atoms with Gasteiger partial charge in [0.05, 0.1) is 18.5 Å². The lowest BCUT2D eigenvalue weighted by Gasteiger charge is -2.07. The van der Waals surface area contributed by atoms with Crippen LogP contribution in [-0.2, 0) is 6.54 Å². The van der Waals surface area contributed by atoms with Crippen molar-refractivity contribution < 1.29 is 9.21 Å². The number of carbonyl (C=O) groups excluding carboxylic acids is 1. The minimum absolute atomic E-state index is 0.122. The SMILES string of the molecule is N#Cc1c(N)nc2sc(C(=O)NCc3ccco3)c(N)c2c1-c1cccs1. The zero-order chi connectivity index (χ0) is 19.0. The molecule has 4 heterocycles. The van der Waals surface area contributed by atoms with Crippen LogP contribution in [0.15, 0.2) is 40.3 Å². The number of hydrogen-bond acceptors (Lipinski definition) is 8. The second-order valence-corrected chi connectivity index (χ2v) is 7.57. The van der Waals surface area contributed by atoms with Crippen molar-refractivity contribution in [1.82, 2.24) is 10.3 Å². The molecule has 0 saturated heterocycles. The second kappa shape index (κ2) is 6.75. The molecule has 0 unspecified atom stereocenters. The summed E-state index contributed by atoms with van der Waals surface area (Å²) >= 11 is 2.62. The van der Waals surface area contributed by atoms with Gasteiger partial charge < -0.3 is 21.2 Å². The Hall–Kier alpha value is -3.35. The van der Waals surface area contributed by atoms with Crippen molar-refractivity contribution in [2.24, 2.45) is 0 Å². The van der Waals surface area contributed by atoms with Gasteiger partial charge in [0.1, 0.15) is 32.9 Å². The molecule has 5 N–H and O–H groups in total. The zero-order valence-electron chi connectivity index (χ0n) is 13.9. The first-order valence-corrected chi connectivity index (χ1v) is 9.55. The zero-order valence-corrected chi connectivity index (χ0v) is 15.5. The number of pyridine rings is 1. The number of nitrogens with one attached hydrogen (secondary N) is 1. The van der Waals surface area contributed by atoms with Crippen LogP contribution < -0.4 is 16.8 Å². The maximum Gasteiger partial charge on any atom is 0.263 e. The molecule has 4 rings (SSSR count).